The first-order valence-corrected chi connectivity index (χ1v) is 11.5. The maximum atomic E-state index is 14.1. The molecular formula is C28H27F2NO5. The zero-order valence-electron chi connectivity index (χ0n) is 20.7. The van der Waals surface area contributed by atoms with Crippen molar-refractivity contribution in [1.29, 1.82) is 0 Å². The molecule has 1 aliphatic rings. The maximum absolute atomic E-state index is 14.1. The van der Waals surface area contributed by atoms with E-state index in [1.807, 2.05) is 27.7 Å². The molecule has 1 N–H and O–H groups in total. The maximum Gasteiger partial charge on any atom is 0.300 e. The molecule has 1 fully saturated rings. The van der Waals surface area contributed by atoms with Gasteiger partial charge in [0.1, 0.15) is 29.1 Å². The number of amides is 1. The van der Waals surface area contributed by atoms with Gasteiger partial charge in [-0.1, -0.05) is 20.8 Å². The predicted octanol–water partition coefficient (Wildman–Crippen LogP) is 6.19. The summed E-state index contributed by atoms with van der Waals surface area (Å²) in [5.74, 6) is -3.30. The fraction of sp³-hybridized carbons (Fsp3) is 0.286. The zero-order valence-corrected chi connectivity index (χ0v) is 20.7. The van der Waals surface area contributed by atoms with Gasteiger partial charge in [-0.15, -0.1) is 0 Å². The molecule has 4 rings (SSSR count). The van der Waals surface area contributed by atoms with Crippen LogP contribution in [-0.2, 0) is 15.0 Å². The van der Waals surface area contributed by atoms with Crippen molar-refractivity contribution in [1.82, 2.24) is 0 Å². The Balaban J connectivity index is 1.94. The molecule has 0 saturated carbocycles. The van der Waals surface area contributed by atoms with E-state index in [0.29, 0.717) is 23.7 Å². The van der Waals surface area contributed by atoms with Crippen LogP contribution < -0.4 is 9.64 Å². The van der Waals surface area contributed by atoms with Crippen LogP contribution in [0.3, 0.4) is 0 Å². The van der Waals surface area contributed by atoms with Crippen molar-refractivity contribution >= 4 is 23.1 Å². The predicted molar refractivity (Wildman–Crippen MR) is 131 cm³/mol. The molecule has 36 heavy (non-hydrogen) atoms. The van der Waals surface area contributed by atoms with Gasteiger partial charge < -0.3 is 14.3 Å². The van der Waals surface area contributed by atoms with Crippen molar-refractivity contribution in [3.05, 3.63) is 88.4 Å². The average Bonchev–Trinajstić information content (AvgIpc) is 3.36. The number of aliphatic hydroxyl groups excluding tert-OH is 1. The third-order valence-corrected chi connectivity index (χ3v) is 6.02. The quantitative estimate of drug-likeness (QED) is 0.259. The van der Waals surface area contributed by atoms with E-state index < -0.39 is 35.1 Å². The Morgan fingerprint density at radius 2 is 1.78 bits per heavy atom. The number of hydrogen-bond acceptors (Lipinski definition) is 5. The number of anilines is 1. The minimum absolute atomic E-state index is 0.0452. The highest BCUT2D eigenvalue weighted by molar-refractivity contribution is 6.51. The molecule has 1 aliphatic heterocycles. The number of ketones is 1. The first-order valence-electron chi connectivity index (χ1n) is 11.5. The van der Waals surface area contributed by atoms with Crippen molar-refractivity contribution in [2.45, 2.75) is 46.1 Å². The molecule has 1 amide bonds. The highest BCUT2D eigenvalue weighted by atomic mass is 19.2. The van der Waals surface area contributed by atoms with Crippen molar-refractivity contribution in [2.24, 2.45) is 0 Å². The Morgan fingerprint density at radius 3 is 2.36 bits per heavy atom. The van der Waals surface area contributed by atoms with Crippen LogP contribution >= 0.6 is 0 Å². The Bertz CT molecular complexity index is 1380. The molecule has 3 aromatic rings. The molecule has 0 bridgehead atoms. The van der Waals surface area contributed by atoms with E-state index in [2.05, 4.69) is 0 Å². The van der Waals surface area contributed by atoms with Gasteiger partial charge in [-0.05, 0) is 61.7 Å². The number of carbonyl (C=O) groups is 2. The lowest BCUT2D eigenvalue weighted by molar-refractivity contribution is -0.132. The number of carbonyl (C=O) groups excluding carboxylic acids is 2. The van der Waals surface area contributed by atoms with Crippen molar-refractivity contribution in [2.75, 3.05) is 11.5 Å². The van der Waals surface area contributed by atoms with Gasteiger partial charge in [0.05, 0.1) is 12.2 Å². The lowest BCUT2D eigenvalue weighted by Gasteiger charge is -2.25. The van der Waals surface area contributed by atoms with E-state index in [-0.39, 0.29) is 22.4 Å². The number of hydrogen-bond donors (Lipinski definition) is 1. The van der Waals surface area contributed by atoms with Crippen molar-refractivity contribution in [3.8, 4) is 5.75 Å². The monoisotopic (exact) mass is 495 g/mol. The van der Waals surface area contributed by atoms with E-state index in [9.17, 15) is 23.5 Å². The minimum atomic E-state index is -1.19. The van der Waals surface area contributed by atoms with Gasteiger partial charge in [0.25, 0.3) is 11.7 Å². The molecule has 2 aromatic carbocycles. The Labute approximate surface area is 207 Å². The summed E-state index contributed by atoms with van der Waals surface area (Å²) in [5, 5.41) is 11.4. The second-order valence-corrected chi connectivity index (χ2v) is 9.61. The number of benzene rings is 2. The van der Waals surface area contributed by atoms with Crippen LogP contribution in [0.5, 0.6) is 5.75 Å². The van der Waals surface area contributed by atoms with Crippen LogP contribution in [0.2, 0.25) is 0 Å². The Hall–Kier alpha value is -3.94. The zero-order chi connectivity index (χ0) is 26.4. The number of furan rings is 1. The molecule has 0 radical (unpaired) electrons. The average molecular weight is 496 g/mol. The van der Waals surface area contributed by atoms with Crippen LogP contribution in [0.4, 0.5) is 14.5 Å². The molecule has 1 aromatic heterocycles. The fourth-order valence-corrected chi connectivity index (χ4v) is 4.30. The van der Waals surface area contributed by atoms with Crippen LogP contribution in [0.1, 0.15) is 56.4 Å². The van der Waals surface area contributed by atoms with Gasteiger partial charge in [-0.3, -0.25) is 14.5 Å². The molecule has 8 heteroatoms. The van der Waals surface area contributed by atoms with Gasteiger partial charge in [-0.25, -0.2) is 8.78 Å². The Kier molecular flexibility index (Phi) is 6.47. The summed E-state index contributed by atoms with van der Waals surface area (Å²) in [5.41, 5.74) is 0.490. The third-order valence-electron chi connectivity index (χ3n) is 6.02. The molecule has 1 atom stereocenters. The largest absolute Gasteiger partial charge is 0.507 e. The molecule has 6 nitrogen and oxygen atoms in total. The summed E-state index contributed by atoms with van der Waals surface area (Å²) in [7, 11) is 0. The smallest absolute Gasteiger partial charge is 0.300 e. The van der Waals surface area contributed by atoms with Crippen molar-refractivity contribution in [3.63, 3.8) is 0 Å². The van der Waals surface area contributed by atoms with E-state index >= 15 is 0 Å². The van der Waals surface area contributed by atoms with Crippen molar-refractivity contribution < 1.29 is 32.6 Å². The summed E-state index contributed by atoms with van der Waals surface area (Å²) in [6, 6.07) is 9.96. The van der Waals surface area contributed by atoms with Crippen LogP contribution in [0, 0.1) is 18.6 Å². The first kappa shape index (κ1) is 25.2. The number of rotatable bonds is 5. The van der Waals surface area contributed by atoms with Crippen LogP contribution in [0.25, 0.3) is 5.76 Å². The summed E-state index contributed by atoms with van der Waals surface area (Å²) in [4.78, 5) is 27.4. The number of aryl methyl sites for hydroxylation is 1. The third kappa shape index (κ3) is 4.39. The lowest BCUT2D eigenvalue weighted by Crippen LogP contribution is -2.29. The summed E-state index contributed by atoms with van der Waals surface area (Å²) < 4.78 is 39.2. The molecule has 1 saturated heterocycles. The SMILES string of the molecule is CCOc1ccc(/C(O)=C2/C(=O)C(=O)N(c3ccc(F)c(F)c3)C2c2ccc(C)o2)cc1C(C)(C)C. The van der Waals surface area contributed by atoms with Gasteiger partial charge in [0.15, 0.2) is 11.6 Å². The summed E-state index contributed by atoms with van der Waals surface area (Å²) >= 11 is 0. The number of Topliss-reactive ketones (excluding diaryl/α,β-unsaturated/α-hetero) is 1. The van der Waals surface area contributed by atoms with Gasteiger partial charge in [0, 0.05) is 22.9 Å². The standard InChI is InChI=1S/C28H27F2NO5/c1-6-35-21-12-8-16(13-18(21)28(3,4)5)25(32)23-24(22-11-7-15(2)36-22)31(27(34)26(23)33)17-9-10-19(29)20(30)14-17/h7-14,24,32H,6H2,1-5H3/b25-23-. The molecular weight excluding hydrogens is 468 g/mol. The minimum Gasteiger partial charge on any atom is -0.507 e. The number of ether oxygens (including phenoxy) is 1. The highest BCUT2D eigenvalue weighted by Gasteiger charge is 2.48. The lowest BCUT2D eigenvalue weighted by atomic mass is 9.84. The number of nitrogens with zero attached hydrogens (tertiary/aromatic N) is 1. The van der Waals surface area contributed by atoms with E-state index in [4.69, 9.17) is 9.15 Å². The summed E-state index contributed by atoms with van der Waals surface area (Å²) in [6.45, 7) is 9.97. The van der Waals surface area contributed by atoms with E-state index in [0.717, 1.165) is 22.6 Å². The van der Waals surface area contributed by atoms with E-state index in [1.165, 1.54) is 6.07 Å². The molecule has 1 unspecified atom stereocenters. The highest BCUT2D eigenvalue weighted by Crippen LogP contribution is 2.43. The van der Waals surface area contributed by atoms with Gasteiger partial charge in [-0.2, -0.15) is 0 Å². The molecule has 0 aliphatic carbocycles. The first-order chi connectivity index (χ1) is 16.9. The molecule has 2 heterocycles. The van der Waals surface area contributed by atoms with Gasteiger partial charge >= 0.3 is 0 Å². The molecule has 188 valence electrons. The summed E-state index contributed by atoms with van der Waals surface area (Å²) in [6.07, 6.45) is 0. The second-order valence-electron chi connectivity index (χ2n) is 9.61. The Morgan fingerprint density at radius 1 is 1.06 bits per heavy atom. The number of halogens is 2. The van der Waals surface area contributed by atoms with Gasteiger partial charge in [0.2, 0.25) is 0 Å². The fourth-order valence-electron chi connectivity index (χ4n) is 4.30. The topological polar surface area (TPSA) is 80.0 Å². The van der Waals surface area contributed by atoms with Crippen LogP contribution in [-0.4, -0.2) is 23.4 Å². The molecule has 0 spiro atoms. The van der Waals surface area contributed by atoms with E-state index in [1.54, 1.807) is 37.3 Å². The second kappa shape index (κ2) is 9.26. The number of aliphatic hydroxyl groups is 1. The van der Waals surface area contributed by atoms with Crippen LogP contribution in [0.15, 0.2) is 58.5 Å². The normalized spacial score (nSPS) is 17.6.